The van der Waals surface area contributed by atoms with Crippen LogP contribution < -0.4 is 10.4 Å². The van der Waals surface area contributed by atoms with E-state index in [1.165, 1.54) is 23.2 Å². The SMILES string of the molecule is CCCC[C@@H]([C@H](O)C(C)C)[Si](c1ccccc1)(c1ccccc1)C(C)(C)C. The van der Waals surface area contributed by atoms with Crippen molar-refractivity contribution in [2.45, 2.75) is 77.5 Å². The third kappa shape index (κ3) is 4.38. The fourth-order valence-corrected chi connectivity index (χ4v) is 12.0. The molecule has 0 unspecified atom stereocenters. The second-order valence-corrected chi connectivity index (χ2v) is 14.3. The zero-order chi connectivity index (χ0) is 20.1. The van der Waals surface area contributed by atoms with E-state index in [9.17, 15) is 5.11 Å². The van der Waals surface area contributed by atoms with Crippen LogP contribution in [0, 0.1) is 5.92 Å². The lowest BCUT2D eigenvalue weighted by Crippen LogP contribution is -2.69. The van der Waals surface area contributed by atoms with Crippen molar-refractivity contribution >= 4 is 18.4 Å². The van der Waals surface area contributed by atoms with Gasteiger partial charge in [0.25, 0.3) is 0 Å². The summed E-state index contributed by atoms with van der Waals surface area (Å²) in [6.07, 6.45) is 3.13. The highest BCUT2D eigenvalue weighted by atomic mass is 28.3. The minimum atomic E-state index is -2.29. The van der Waals surface area contributed by atoms with Crippen LogP contribution in [0.1, 0.15) is 60.8 Å². The summed E-state index contributed by atoms with van der Waals surface area (Å²) in [5, 5.41) is 14.5. The first-order chi connectivity index (χ1) is 12.8. The number of unbranched alkanes of at least 4 members (excludes halogenated alkanes) is 1. The number of hydrogen-bond donors (Lipinski definition) is 1. The number of rotatable bonds is 8. The van der Waals surface area contributed by atoms with Gasteiger partial charge in [0, 0.05) is 0 Å². The molecule has 148 valence electrons. The highest BCUT2D eigenvalue weighted by molar-refractivity contribution is 7.05. The maximum atomic E-state index is 11.5. The van der Waals surface area contributed by atoms with E-state index in [4.69, 9.17) is 0 Å². The van der Waals surface area contributed by atoms with Crippen molar-refractivity contribution in [3.8, 4) is 0 Å². The van der Waals surface area contributed by atoms with E-state index < -0.39 is 8.07 Å². The first-order valence-electron chi connectivity index (χ1n) is 10.6. The lowest BCUT2D eigenvalue weighted by Gasteiger charge is -2.51. The number of aliphatic hydroxyl groups is 1. The summed E-state index contributed by atoms with van der Waals surface area (Å²) < 4.78 is 0. The average Bonchev–Trinajstić information content (AvgIpc) is 2.65. The van der Waals surface area contributed by atoms with Crippen LogP contribution in [0.25, 0.3) is 0 Å². The van der Waals surface area contributed by atoms with Crippen molar-refractivity contribution in [2.75, 3.05) is 0 Å². The summed E-state index contributed by atoms with van der Waals surface area (Å²) in [6.45, 7) is 13.8. The highest BCUT2D eigenvalue weighted by Crippen LogP contribution is 2.47. The molecule has 0 amide bonds. The molecule has 0 saturated heterocycles. The molecule has 0 saturated carbocycles. The summed E-state index contributed by atoms with van der Waals surface area (Å²) in [5.41, 5.74) is 0.294. The molecule has 27 heavy (non-hydrogen) atoms. The molecule has 2 rings (SSSR count). The molecule has 0 radical (unpaired) electrons. The second-order valence-electron chi connectivity index (χ2n) is 9.27. The number of benzene rings is 2. The van der Waals surface area contributed by atoms with Gasteiger partial charge in [-0.05, 0) is 22.9 Å². The zero-order valence-corrected chi connectivity index (χ0v) is 19.1. The summed E-state index contributed by atoms with van der Waals surface area (Å²) >= 11 is 0. The lowest BCUT2D eigenvalue weighted by atomic mass is 10.00. The molecule has 0 heterocycles. The van der Waals surface area contributed by atoms with E-state index in [1.54, 1.807) is 0 Å². The van der Waals surface area contributed by atoms with Gasteiger partial charge in [-0.25, -0.2) is 0 Å². The smallest absolute Gasteiger partial charge is 0.128 e. The molecule has 2 atom stereocenters. The van der Waals surface area contributed by atoms with E-state index in [0.29, 0.717) is 5.54 Å². The van der Waals surface area contributed by atoms with Crippen molar-refractivity contribution in [1.29, 1.82) is 0 Å². The van der Waals surface area contributed by atoms with Gasteiger partial charge in [-0.1, -0.05) is 125 Å². The minimum Gasteiger partial charge on any atom is -0.393 e. The van der Waals surface area contributed by atoms with Crippen LogP contribution in [0.2, 0.25) is 10.6 Å². The van der Waals surface area contributed by atoms with E-state index in [1.807, 2.05) is 0 Å². The summed E-state index contributed by atoms with van der Waals surface area (Å²) in [5.74, 6) is 0.258. The standard InChI is InChI=1S/C25H38OSi/c1-7-8-19-23(24(26)20(2)3)27(25(4,5)6,21-15-11-9-12-16-21)22-17-13-10-14-18-22/h9-18,20,23-24,26H,7-8,19H2,1-6H3/t23-,24+/m0/s1. The zero-order valence-electron chi connectivity index (χ0n) is 18.1. The molecule has 2 heteroatoms. The van der Waals surface area contributed by atoms with E-state index in [-0.39, 0.29) is 17.1 Å². The van der Waals surface area contributed by atoms with Crippen molar-refractivity contribution in [3.63, 3.8) is 0 Å². The van der Waals surface area contributed by atoms with E-state index in [2.05, 4.69) is 102 Å². The van der Waals surface area contributed by atoms with E-state index >= 15 is 0 Å². The largest absolute Gasteiger partial charge is 0.393 e. The van der Waals surface area contributed by atoms with Crippen LogP contribution >= 0.6 is 0 Å². The Morgan fingerprint density at radius 2 is 1.30 bits per heavy atom. The van der Waals surface area contributed by atoms with Gasteiger partial charge in [0.05, 0.1) is 6.10 Å². The van der Waals surface area contributed by atoms with Crippen LogP contribution in [0.4, 0.5) is 0 Å². The van der Waals surface area contributed by atoms with E-state index in [0.717, 1.165) is 6.42 Å². The molecule has 1 nitrogen and oxygen atoms in total. The maximum Gasteiger partial charge on any atom is 0.128 e. The van der Waals surface area contributed by atoms with Gasteiger partial charge >= 0.3 is 0 Å². The summed E-state index contributed by atoms with van der Waals surface area (Å²) in [6, 6.07) is 22.2. The predicted octanol–water partition coefficient (Wildman–Crippen LogP) is 5.63. The van der Waals surface area contributed by atoms with Crippen molar-refractivity contribution in [3.05, 3.63) is 60.7 Å². The second kappa shape index (κ2) is 9.21. The molecule has 0 aromatic heterocycles. The van der Waals surface area contributed by atoms with Gasteiger partial charge in [-0.15, -0.1) is 0 Å². The first kappa shape index (κ1) is 21.9. The quantitative estimate of drug-likeness (QED) is 0.587. The summed E-state index contributed by atoms with van der Waals surface area (Å²) in [7, 11) is -2.29. The van der Waals surface area contributed by atoms with Crippen molar-refractivity contribution in [1.82, 2.24) is 0 Å². The molecule has 1 N–H and O–H groups in total. The average molecular weight is 383 g/mol. The monoisotopic (exact) mass is 382 g/mol. The minimum absolute atomic E-state index is 0.0873. The normalized spacial score (nSPS) is 15.0. The molecule has 0 aliphatic carbocycles. The Balaban J connectivity index is 2.84. The van der Waals surface area contributed by atoms with Gasteiger partial charge in [-0.2, -0.15) is 0 Å². The Kier molecular flexibility index (Phi) is 7.47. The van der Waals surface area contributed by atoms with Crippen LogP contribution in [-0.4, -0.2) is 19.3 Å². The number of hydrogen-bond acceptors (Lipinski definition) is 1. The van der Waals surface area contributed by atoms with Gasteiger partial charge < -0.3 is 5.11 Å². The molecule has 0 aliphatic heterocycles. The topological polar surface area (TPSA) is 20.2 Å². The number of aliphatic hydroxyl groups excluding tert-OH is 1. The molecule has 2 aromatic carbocycles. The Bertz CT molecular complexity index is 633. The van der Waals surface area contributed by atoms with Crippen molar-refractivity contribution < 1.29 is 5.11 Å². The Labute approximate surface area is 167 Å². The van der Waals surface area contributed by atoms with Crippen LogP contribution in [0.5, 0.6) is 0 Å². The Morgan fingerprint density at radius 3 is 1.63 bits per heavy atom. The molecule has 0 bridgehead atoms. The first-order valence-corrected chi connectivity index (χ1v) is 12.6. The molecule has 2 aromatic rings. The Morgan fingerprint density at radius 1 is 0.852 bits per heavy atom. The molecule has 0 fully saturated rings. The molecular weight excluding hydrogens is 344 g/mol. The maximum absolute atomic E-state index is 11.5. The molecule has 0 spiro atoms. The summed E-state index contributed by atoms with van der Waals surface area (Å²) in [4.78, 5) is 0. The molecular formula is C25H38OSi. The van der Waals surface area contributed by atoms with Crippen LogP contribution in [0.3, 0.4) is 0 Å². The van der Waals surface area contributed by atoms with Gasteiger partial charge in [0.1, 0.15) is 8.07 Å². The van der Waals surface area contributed by atoms with Gasteiger partial charge in [-0.3, -0.25) is 0 Å². The fourth-order valence-electron chi connectivity index (χ4n) is 4.95. The van der Waals surface area contributed by atoms with Gasteiger partial charge in [0.2, 0.25) is 0 Å². The van der Waals surface area contributed by atoms with Crippen LogP contribution in [-0.2, 0) is 0 Å². The van der Waals surface area contributed by atoms with Crippen LogP contribution in [0.15, 0.2) is 60.7 Å². The predicted molar refractivity (Wildman–Crippen MR) is 122 cm³/mol. The lowest BCUT2D eigenvalue weighted by molar-refractivity contribution is 0.110. The van der Waals surface area contributed by atoms with Gasteiger partial charge in [0.15, 0.2) is 0 Å². The Hall–Kier alpha value is -1.38. The fraction of sp³-hybridized carbons (Fsp3) is 0.520. The highest BCUT2D eigenvalue weighted by Gasteiger charge is 2.54. The molecule has 0 aliphatic rings. The van der Waals surface area contributed by atoms with Crippen molar-refractivity contribution in [2.24, 2.45) is 5.92 Å². The third-order valence-corrected chi connectivity index (χ3v) is 12.8. The third-order valence-electron chi connectivity index (χ3n) is 6.16.